The SMILES string of the molecule is CCc1cnc(CNCc2coc3ccccc23)o1. The fraction of sp³-hybridized carbons (Fsp3) is 0.267. The summed E-state index contributed by atoms with van der Waals surface area (Å²) in [6, 6.07) is 8.03. The normalized spacial score (nSPS) is 11.2. The van der Waals surface area contributed by atoms with E-state index in [-0.39, 0.29) is 0 Å². The van der Waals surface area contributed by atoms with E-state index in [9.17, 15) is 0 Å². The van der Waals surface area contributed by atoms with Crippen LogP contribution in [-0.4, -0.2) is 4.98 Å². The van der Waals surface area contributed by atoms with Crippen molar-refractivity contribution in [2.24, 2.45) is 0 Å². The number of hydrogen-bond acceptors (Lipinski definition) is 4. The number of fused-ring (bicyclic) bond motifs is 1. The highest BCUT2D eigenvalue weighted by atomic mass is 16.4. The zero-order valence-corrected chi connectivity index (χ0v) is 10.8. The first-order chi connectivity index (χ1) is 9.36. The molecule has 0 saturated heterocycles. The van der Waals surface area contributed by atoms with Crippen LogP contribution in [0.15, 0.2) is 45.6 Å². The van der Waals surface area contributed by atoms with Gasteiger partial charge in [-0.15, -0.1) is 0 Å². The van der Waals surface area contributed by atoms with Crippen LogP contribution in [0.4, 0.5) is 0 Å². The highest BCUT2D eigenvalue weighted by molar-refractivity contribution is 5.80. The number of furan rings is 1. The molecule has 4 nitrogen and oxygen atoms in total. The van der Waals surface area contributed by atoms with Crippen molar-refractivity contribution in [2.45, 2.75) is 26.4 Å². The second-order valence-electron chi connectivity index (χ2n) is 4.43. The molecule has 0 aliphatic heterocycles. The number of nitrogens with zero attached hydrogens (tertiary/aromatic N) is 1. The Kier molecular flexibility index (Phi) is 3.33. The maximum atomic E-state index is 5.54. The Balaban J connectivity index is 1.63. The molecule has 1 aromatic carbocycles. The first kappa shape index (κ1) is 12.0. The van der Waals surface area contributed by atoms with E-state index < -0.39 is 0 Å². The van der Waals surface area contributed by atoms with Gasteiger partial charge in [0.25, 0.3) is 0 Å². The summed E-state index contributed by atoms with van der Waals surface area (Å²) in [7, 11) is 0. The lowest BCUT2D eigenvalue weighted by atomic mass is 10.2. The number of hydrogen-bond donors (Lipinski definition) is 1. The molecule has 0 unspecified atom stereocenters. The van der Waals surface area contributed by atoms with Crippen molar-refractivity contribution in [3.63, 3.8) is 0 Å². The highest BCUT2D eigenvalue weighted by Crippen LogP contribution is 2.20. The summed E-state index contributed by atoms with van der Waals surface area (Å²) in [6.45, 7) is 3.41. The zero-order valence-electron chi connectivity index (χ0n) is 10.8. The maximum absolute atomic E-state index is 5.54. The second-order valence-corrected chi connectivity index (χ2v) is 4.43. The van der Waals surface area contributed by atoms with Crippen LogP contribution in [0.5, 0.6) is 0 Å². The summed E-state index contributed by atoms with van der Waals surface area (Å²) in [5.41, 5.74) is 2.07. The molecule has 0 aliphatic carbocycles. The molecule has 3 aromatic rings. The Morgan fingerprint density at radius 1 is 1.21 bits per heavy atom. The molecule has 0 saturated carbocycles. The molecule has 0 spiro atoms. The van der Waals surface area contributed by atoms with E-state index in [0.29, 0.717) is 6.54 Å². The zero-order chi connectivity index (χ0) is 13.1. The Hall–Kier alpha value is -2.07. The molecule has 0 radical (unpaired) electrons. The first-order valence-electron chi connectivity index (χ1n) is 6.46. The third kappa shape index (κ3) is 2.53. The smallest absolute Gasteiger partial charge is 0.208 e. The Morgan fingerprint density at radius 3 is 2.95 bits per heavy atom. The Morgan fingerprint density at radius 2 is 2.11 bits per heavy atom. The topological polar surface area (TPSA) is 51.2 Å². The van der Waals surface area contributed by atoms with Crippen LogP contribution in [0, 0.1) is 0 Å². The molecule has 0 aliphatic rings. The van der Waals surface area contributed by atoms with Gasteiger partial charge in [0.15, 0.2) is 0 Å². The van der Waals surface area contributed by atoms with E-state index >= 15 is 0 Å². The minimum atomic E-state index is 0.625. The van der Waals surface area contributed by atoms with Gasteiger partial charge in [-0.25, -0.2) is 4.98 Å². The Labute approximate surface area is 111 Å². The minimum Gasteiger partial charge on any atom is -0.464 e. The summed E-state index contributed by atoms with van der Waals surface area (Å²) < 4.78 is 11.0. The fourth-order valence-corrected chi connectivity index (χ4v) is 2.07. The molecule has 2 aromatic heterocycles. The third-order valence-electron chi connectivity index (χ3n) is 3.10. The van der Waals surface area contributed by atoms with E-state index in [1.807, 2.05) is 18.2 Å². The average Bonchev–Trinajstić information content (AvgIpc) is 3.06. The second kappa shape index (κ2) is 5.28. The average molecular weight is 256 g/mol. The fourth-order valence-electron chi connectivity index (χ4n) is 2.07. The molecular weight excluding hydrogens is 240 g/mol. The predicted molar refractivity (Wildman–Crippen MR) is 72.6 cm³/mol. The van der Waals surface area contributed by atoms with Crippen molar-refractivity contribution in [1.82, 2.24) is 10.3 Å². The Bertz CT molecular complexity index is 669. The van der Waals surface area contributed by atoms with Crippen molar-refractivity contribution >= 4 is 11.0 Å². The van der Waals surface area contributed by atoms with Crippen LogP contribution in [0.25, 0.3) is 11.0 Å². The van der Waals surface area contributed by atoms with Gasteiger partial charge in [-0.05, 0) is 6.07 Å². The number of aromatic nitrogens is 1. The van der Waals surface area contributed by atoms with Gasteiger partial charge in [-0.3, -0.25) is 0 Å². The molecule has 0 bridgehead atoms. The largest absolute Gasteiger partial charge is 0.464 e. The summed E-state index contributed by atoms with van der Waals surface area (Å²) in [4.78, 5) is 4.22. The number of para-hydroxylation sites is 1. The van der Waals surface area contributed by atoms with Crippen LogP contribution >= 0.6 is 0 Å². The van der Waals surface area contributed by atoms with Crippen LogP contribution in [0.1, 0.15) is 24.1 Å². The van der Waals surface area contributed by atoms with Gasteiger partial charge < -0.3 is 14.2 Å². The molecule has 0 atom stereocenters. The molecular formula is C15H16N2O2. The quantitative estimate of drug-likeness (QED) is 0.761. The van der Waals surface area contributed by atoms with Gasteiger partial charge in [0, 0.05) is 23.9 Å². The molecule has 1 N–H and O–H groups in total. The number of benzene rings is 1. The van der Waals surface area contributed by atoms with Crippen molar-refractivity contribution in [1.29, 1.82) is 0 Å². The number of nitrogens with one attached hydrogen (secondary N) is 1. The van der Waals surface area contributed by atoms with Crippen molar-refractivity contribution in [3.8, 4) is 0 Å². The first-order valence-corrected chi connectivity index (χ1v) is 6.46. The van der Waals surface area contributed by atoms with Crippen molar-refractivity contribution in [2.75, 3.05) is 0 Å². The van der Waals surface area contributed by atoms with Crippen LogP contribution in [0.2, 0.25) is 0 Å². The summed E-state index contributed by atoms with van der Waals surface area (Å²) in [5.74, 6) is 1.65. The molecule has 19 heavy (non-hydrogen) atoms. The minimum absolute atomic E-state index is 0.625. The number of rotatable bonds is 5. The molecule has 98 valence electrons. The number of aryl methyl sites for hydroxylation is 1. The monoisotopic (exact) mass is 256 g/mol. The molecule has 0 amide bonds. The van der Waals surface area contributed by atoms with E-state index in [1.165, 1.54) is 0 Å². The van der Waals surface area contributed by atoms with Gasteiger partial charge in [-0.1, -0.05) is 25.1 Å². The summed E-state index contributed by atoms with van der Waals surface area (Å²) in [5, 5.41) is 4.47. The van der Waals surface area contributed by atoms with Crippen molar-refractivity contribution < 1.29 is 8.83 Å². The number of oxazole rings is 1. The predicted octanol–water partition coefficient (Wildman–Crippen LogP) is 3.27. The molecule has 2 heterocycles. The highest BCUT2D eigenvalue weighted by Gasteiger charge is 2.06. The van der Waals surface area contributed by atoms with Crippen molar-refractivity contribution in [3.05, 3.63) is 53.9 Å². The maximum Gasteiger partial charge on any atom is 0.208 e. The summed E-state index contributed by atoms with van der Waals surface area (Å²) >= 11 is 0. The lowest BCUT2D eigenvalue weighted by Crippen LogP contribution is -2.12. The van der Waals surface area contributed by atoms with Crippen LogP contribution in [0.3, 0.4) is 0 Å². The van der Waals surface area contributed by atoms with Crippen LogP contribution in [-0.2, 0) is 19.5 Å². The van der Waals surface area contributed by atoms with Gasteiger partial charge in [0.1, 0.15) is 11.3 Å². The molecule has 3 rings (SSSR count). The third-order valence-corrected chi connectivity index (χ3v) is 3.10. The molecule has 0 fully saturated rings. The lowest BCUT2D eigenvalue weighted by Gasteiger charge is -2.00. The molecule has 4 heteroatoms. The van der Waals surface area contributed by atoms with Gasteiger partial charge in [-0.2, -0.15) is 0 Å². The van der Waals surface area contributed by atoms with E-state index in [0.717, 1.165) is 41.1 Å². The van der Waals surface area contributed by atoms with Crippen LogP contribution < -0.4 is 5.32 Å². The van der Waals surface area contributed by atoms with Gasteiger partial charge in [0.2, 0.25) is 5.89 Å². The van der Waals surface area contributed by atoms with E-state index in [4.69, 9.17) is 8.83 Å². The summed E-state index contributed by atoms with van der Waals surface area (Å²) in [6.07, 6.45) is 4.45. The standard InChI is InChI=1S/C15H16N2O2/c1-2-12-8-17-15(19-12)9-16-7-11-10-18-14-6-4-3-5-13(11)14/h3-6,8,10,16H,2,7,9H2,1H3. The lowest BCUT2D eigenvalue weighted by molar-refractivity contribution is 0.438. The van der Waals surface area contributed by atoms with E-state index in [1.54, 1.807) is 12.5 Å². The van der Waals surface area contributed by atoms with Gasteiger partial charge >= 0.3 is 0 Å². The van der Waals surface area contributed by atoms with E-state index in [2.05, 4.69) is 23.3 Å². The van der Waals surface area contributed by atoms with Gasteiger partial charge in [0.05, 0.1) is 19.0 Å².